The van der Waals surface area contributed by atoms with Gasteiger partial charge in [-0.2, -0.15) is 0 Å². The summed E-state index contributed by atoms with van der Waals surface area (Å²) in [6, 6.07) is 7.73. The first kappa shape index (κ1) is 17.2. The first-order chi connectivity index (χ1) is 10.2. The summed E-state index contributed by atoms with van der Waals surface area (Å²) in [7, 11) is 3.46. The van der Waals surface area contributed by atoms with Crippen molar-refractivity contribution in [1.29, 1.82) is 0 Å². The SMILES string of the molecule is CCCOc1ccc(/C=C/C(=O)N(C)CCCOC)cc1. The van der Waals surface area contributed by atoms with E-state index in [1.807, 2.05) is 30.3 Å². The van der Waals surface area contributed by atoms with Crippen molar-refractivity contribution < 1.29 is 14.3 Å². The highest BCUT2D eigenvalue weighted by Crippen LogP contribution is 2.13. The van der Waals surface area contributed by atoms with Crippen LogP contribution in [0.5, 0.6) is 5.75 Å². The molecule has 1 aromatic carbocycles. The van der Waals surface area contributed by atoms with Crippen LogP contribution in [0.1, 0.15) is 25.3 Å². The zero-order chi connectivity index (χ0) is 15.5. The van der Waals surface area contributed by atoms with Crippen LogP contribution in [-0.4, -0.2) is 44.7 Å². The Hall–Kier alpha value is -1.81. The number of hydrogen-bond donors (Lipinski definition) is 0. The van der Waals surface area contributed by atoms with Crippen LogP contribution in [0.3, 0.4) is 0 Å². The largest absolute Gasteiger partial charge is 0.494 e. The number of nitrogens with zero attached hydrogens (tertiary/aromatic N) is 1. The van der Waals surface area contributed by atoms with Crippen LogP contribution in [0.4, 0.5) is 0 Å². The molecule has 0 bridgehead atoms. The smallest absolute Gasteiger partial charge is 0.246 e. The van der Waals surface area contributed by atoms with E-state index in [4.69, 9.17) is 9.47 Å². The maximum atomic E-state index is 11.9. The van der Waals surface area contributed by atoms with Crippen LogP contribution in [0.2, 0.25) is 0 Å². The third-order valence-electron chi connectivity index (χ3n) is 2.99. The van der Waals surface area contributed by atoms with Gasteiger partial charge in [-0.05, 0) is 36.6 Å². The molecule has 1 amide bonds. The maximum absolute atomic E-state index is 11.9. The summed E-state index contributed by atoms with van der Waals surface area (Å²) >= 11 is 0. The van der Waals surface area contributed by atoms with Crippen LogP contribution in [0, 0.1) is 0 Å². The predicted octanol–water partition coefficient (Wildman–Crippen LogP) is 2.98. The molecule has 0 radical (unpaired) electrons. The maximum Gasteiger partial charge on any atom is 0.246 e. The van der Waals surface area contributed by atoms with Gasteiger partial charge in [0.2, 0.25) is 5.91 Å². The molecule has 4 heteroatoms. The summed E-state index contributed by atoms with van der Waals surface area (Å²) in [6.07, 6.45) is 5.25. The average Bonchev–Trinajstić information content (AvgIpc) is 2.51. The molecule has 0 aliphatic rings. The van der Waals surface area contributed by atoms with Crippen LogP contribution < -0.4 is 4.74 Å². The quantitative estimate of drug-likeness (QED) is 0.518. The number of rotatable bonds is 9. The van der Waals surface area contributed by atoms with Gasteiger partial charge < -0.3 is 14.4 Å². The van der Waals surface area contributed by atoms with Gasteiger partial charge in [0.1, 0.15) is 5.75 Å². The molecule has 0 unspecified atom stereocenters. The number of carbonyl (C=O) groups is 1. The van der Waals surface area contributed by atoms with Gasteiger partial charge in [0, 0.05) is 33.4 Å². The fourth-order valence-electron chi connectivity index (χ4n) is 1.75. The van der Waals surface area contributed by atoms with Crippen LogP contribution >= 0.6 is 0 Å². The van der Waals surface area contributed by atoms with Crippen molar-refractivity contribution in [3.05, 3.63) is 35.9 Å². The van der Waals surface area contributed by atoms with Crippen molar-refractivity contribution in [3.8, 4) is 5.75 Å². The van der Waals surface area contributed by atoms with Crippen molar-refractivity contribution in [3.63, 3.8) is 0 Å². The fraction of sp³-hybridized carbons (Fsp3) is 0.471. The highest BCUT2D eigenvalue weighted by molar-refractivity contribution is 5.91. The third kappa shape index (κ3) is 6.95. The van der Waals surface area contributed by atoms with Crippen molar-refractivity contribution in [2.24, 2.45) is 0 Å². The van der Waals surface area contributed by atoms with E-state index in [-0.39, 0.29) is 5.91 Å². The van der Waals surface area contributed by atoms with E-state index < -0.39 is 0 Å². The van der Waals surface area contributed by atoms with Crippen molar-refractivity contribution in [2.45, 2.75) is 19.8 Å². The Morgan fingerprint density at radius 2 is 1.95 bits per heavy atom. The molecule has 0 N–H and O–H groups in total. The second kappa shape index (κ2) is 10.00. The minimum Gasteiger partial charge on any atom is -0.494 e. The Kier molecular flexibility index (Phi) is 8.21. The number of benzene rings is 1. The average molecular weight is 291 g/mol. The van der Waals surface area contributed by atoms with Crippen LogP contribution in [-0.2, 0) is 9.53 Å². The van der Waals surface area contributed by atoms with Gasteiger partial charge in [0.25, 0.3) is 0 Å². The van der Waals surface area contributed by atoms with Crippen molar-refractivity contribution in [1.82, 2.24) is 4.90 Å². The first-order valence-electron chi connectivity index (χ1n) is 7.32. The lowest BCUT2D eigenvalue weighted by Crippen LogP contribution is -2.26. The van der Waals surface area contributed by atoms with Gasteiger partial charge in [0.15, 0.2) is 0 Å². The van der Waals surface area contributed by atoms with E-state index in [2.05, 4.69) is 6.92 Å². The van der Waals surface area contributed by atoms with E-state index in [0.717, 1.165) is 30.8 Å². The normalized spacial score (nSPS) is 10.8. The lowest BCUT2D eigenvalue weighted by atomic mass is 10.2. The molecule has 0 saturated carbocycles. The highest BCUT2D eigenvalue weighted by atomic mass is 16.5. The minimum atomic E-state index is -0.00240. The third-order valence-corrected chi connectivity index (χ3v) is 2.99. The molecule has 0 aliphatic heterocycles. The molecule has 1 aromatic rings. The molecule has 0 atom stereocenters. The zero-order valence-corrected chi connectivity index (χ0v) is 13.2. The molecule has 116 valence electrons. The first-order valence-corrected chi connectivity index (χ1v) is 7.32. The van der Waals surface area contributed by atoms with Gasteiger partial charge in [-0.15, -0.1) is 0 Å². The molecule has 1 rings (SSSR count). The molecule has 4 nitrogen and oxygen atoms in total. The Bertz CT molecular complexity index is 440. The summed E-state index contributed by atoms with van der Waals surface area (Å²) in [5, 5.41) is 0. The van der Waals surface area contributed by atoms with Crippen molar-refractivity contribution >= 4 is 12.0 Å². The lowest BCUT2D eigenvalue weighted by Gasteiger charge is -2.14. The summed E-state index contributed by atoms with van der Waals surface area (Å²) < 4.78 is 10.5. The van der Waals surface area contributed by atoms with E-state index in [0.29, 0.717) is 13.2 Å². The molecular weight excluding hydrogens is 266 g/mol. The number of hydrogen-bond acceptors (Lipinski definition) is 3. The number of methoxy groups -OCH3 is 1. The minimum absolute atomic E-state index is 0.00240. The number of likely N-dealkylation sites (N-methyl/N-ethyl adjacent to an activating group) is 1. The van der Waals surface area contributed by atoms with E-state index in [1.165, 1.54) is 0 Å². The highest BCUT2D eigenvalue weighted by Gasteiger charge is 2.03. The topological polar surface area (TPSA) is 38.8 Å². The summed E-state index contributed by atoms with van der Waals surface area (Å²) in [5.41, 5.74) is 0.984. The fourth-order valence-corrected chi connectivity index (χ4v) is 1.75. The molecule has 0 saturated heterocycles. The predicted molar refractivity (Wildman–Crippen MR) is 85.4 cm³/mol. The lowest BCUT2D eigenvalue weighted by molar-refractivity contribution is -0.124. The monoisotopic (exact) mass is 291 g/mol. The molecular formula is C17H25NO3. The Morgan fingerprint density at radius 3 is 2.57 bits per heavy atom. The summed E-state index contributed by atoms with van der Waals surface area (Å²) in [4.78, 5) is 13.6. The molecule has 0 aromatic heterocycles. The van der Waals surface area contributed by atoms with Crippen LogP contribution in [0.15, 0.2) is 30.3 Å². The van der Waals surface area contributed by atoms with E-state index in [1.54, 1.807) is 25.1 Å². The van der Waals surface area contributed by atoms with Gasteiger partial charge in [-0.3, -0.25) is 4.79 Å². The van der Waals surface area contributed by atoms with Gasteiger partial charge >= 0.3 is 0 Å². The van der Waals surface area contributed by atoms with Gasteiger partial charge in [-0.1, -0.05) is 19.1 Å². The Labute approximate surface area is 127 Å². The zero-order valence-electron chi connectivity index (χ0n) is 13.2. The van der Waals surface area contributed by atoms with Crippen molar-refractivity contribution in [2.75, 3.05) is 33.9 Å². The van der Waals surface area contributed by atoms with E-state index >= 15 is 0 Å². The number of ether oxygens (including phenoxy) is 2. The molecule has 0 aliphatic carbocycles. The van der Waals surface area contributed by atoms with Crippen LogP contribution in [0.25, 0.3) is 6.08 Å². The Balaban J connectivity index is 2.45. The molecule has 0 spiro atoms. The second-order valence-electron chi connectivity index (χ2n) is 4.86. The van der Waals surface area contributed by atoms with Gasteiger partial charge in [-0.25, -0.2) is 0 Å². The summed E-state index contributed by atoms with van der Waals surface area (Å²) in [6.45, 7) is 4.16. The van der Waals surface area contributed by atoms with E-state index in [9.17, 15) is 4.79 Å². The molecule has 0 fully saturated rings. The Morgan fingerprint density at radius 1 is 1.24 bits per heavy atom. The molecule has 21 heavy (non-hydrogen) atoms. The summed E-state index contributed by atoms with van der Waals surface area (Å²) in [5.74, 6) is 0.856. The second-order valence-corrected chi connectivity index (χ2v) is 4.86. The standard InChI is InChI=1S/C17H25NO3/c1-4-13-21-16-9-6-15(7-10-16)8-11-17(19)18(2)12-5-14-20-3/h6-11H,4-5,12-14H2,1-3H3/b11-8+. The van der Waals surface area contributed by atoms with Gasteiger partial charge in [0.05, 0.1) is 6.61 Å². The number of amides is 1. The molecule has 0 heterocycles. The number of carbonyl (C=O) groups excluding carboxylic acids is 1.